The highest BCUT2D eigenvalue weighted by molar-refractivity contribution is 9.10. The third-order valence-electron chi connectivity index (χ3n) is 4.89. The Kier molecular flexibility index (Phi) is 6.39. The Balaban J connectivity index is 2.16. The van der Waals surface area contributed by atoms with E-state index >= 15 is 0 Å². The van der Waals surface area contributed by atoms with Crippen LogP contribution in [0.2, 0.25) is 0 Å². The van der Waals surface area contributed by atoms with Crippen LogP contribution in [0.25, 0.3) is 0 Å². The van der Waals surface area contributed by atoms with Crippen LogP contribution in [0.5, 0.6) is 0 Å². The molecule has 26 heavy (non-hydrogen) atoms. The van der Waals surface area contributed by atoms with Crippen LogP contribution >= 0.6 is 28.6 Å². The Morgan fingerprint density at radius 2 is 1.85 bits per heavy atom. The van der Waals surface area contributed by atoms with Gasteiger partial charge in [0.05, 0.1) is 13.0 Å². The van der Waals surface area contributed by atoms with Gasteiger partial charge in [-0.3, -0.25) is 14.5 Å². The van der Waals surface area contributed by atoms with Crippen molar-refractivity contribution in [3.8, 4) is 0 Å². The SMILES string of the molecule is COC(=O)C(CCN1C(=O)N(C)C(C)(C)C1=O)C(S)c1ccc(Br)cc1. The molecule has 1 saturated heterocycles. The lowest BCUT2D eigenvalue weighted by Crippen LogP contribution is -2.41. The van der Waals surface area contributed by atoms with Gasteiger partial charge < -0.3 is 9.64 Å². The molecule has 0 bridgehead atoms. The highest BCUT2D eigenvalue weighted by atomic mass is 79.9. The summed E-state index contributed by atoms with van der Waals surface area (Å²) in [7, 11) is 2.92. The van der Waals surface area contributed by atoms with Gasteiger partial charge in [-0.2, -0.15) is 12.6 Å². The molecular weight excluding hydrogens is 420 g/mol. The van der Waals surface area contributed by atoms with E-state index in [1.165, 1.54) is 16.9 Å². The molecule has 1 fully saturated rings. The number of halogens is 1. The molecule has 1 aliphatic heterocycles. The van der Waals surface area contributed by atoms with Crippen LogP contribution in [0.1, 0.15) is 31.1 Å². The average molecular weight is 443 g/mol. The van der Waals surface area contributed by atoms with Crippen molar-refractivity contribution in [3.63, 3.8) is 0 Å². The number of urea groups is 1. The predicted octanol–water partition coefficient (Wildman–Crippen LogP) is 3.27. The van der Waals surface area contributed by atoms with Crippen molar-refractivity contribution in [3.05, 3.63) is 34.3 Å². The number of methoxy groups -OCH3 is 1. The zero-order chi connectivity index (χ0) is 19.6. The van der Waals surface area contributed by atoms with Gasteiger partial charge in [-0.15, -0.1) is 0 Å². The maximum atomic E-state index is 12.5. The fourth-order valence-corrected chi connectivity index (χ4v) is 3.60. The Hall–Kier alpha value is -1.54. The molecule has 0 aromatic heterocycles. The summed E-state index contributed by atoms with van der Waals surface area (Å²) in [5.74, 6) is -1.27. The summed E-state index contributed by atoms with van der Waals surface area (Å²) >= 11 is 7.98. The smallest absolute Gasteiger partial charge is 0.327 e. The van der Waals surface area contributed by atoms with Gasteiger partial charge in [0.15, 0.2) is 0 Å². The molecule has 3 amide bonds. The van der Waals surface area contributed by atoms with E-state index in [2.05, 4.69) is 28.6 Å². The summed E-state index contributed by atoms with van der Waals surface area (Å²) in [5.41, 5.74) is -0.0207. The van der Waals surface area contributed by atoms with Crippen LogP contribution in [0.3, 0.4) is 0 Å². The van der Waals surface area contributed by atoms with E-state index in [0.717, 1.165) is 10.0 Å². The Labute approximate surface area is 167 Å². The van der Waals surface area contributed by atoms with Crippen LogP contribution in [0.4, 0.5) is 4.79 Å². The third kappa shape index (κ3) is 3.91. The minimum absolute atomic E-state index is 0.138. The number of thiol groups is 1. The predicted molar refractivity (Wildman–Crippen MR) is 105 cm³/mol. The van der Waals surface area contributed by atoms with Crippen LogP contribution in [0, 0.1) is 5.92 Å². The number of rotatable bonds is 6. The number of carbonyl (C=O) groups excluding carboxylic acids is 3. The first-order valence-electron chi connectivity index (χ1n) is 8.22. The molecule has 1 heterocycles. The van der Waals surface area contributed by atoms with Gasteiger partial charge in [0.25, 0.3) is 5.91 Å². The number of likely N-dealkylation sites (N-methyl/N-ethyl adjacent to an activating group) is 1. The number of hydrogen-bond acceptors (Lipinski definition) is 5. The maximum absolute atomic E-state index is 12.5. The highest BCUT2D eigenvalue weighted by Gasteiger charge is 2.49. The molecule has 142 valence electrons. The number of esters is 1. The van der Waals surface area contributed by atoms with Crippen LogP contribution in [0.15, 0.2) is 28.7 Å². The van der Waals surface area contributed by atoms with Crippen LogP contribution < -0.4 is 0 Å². The Morgan fingerprint density at radius 3 is 2.31 bits per heavy atom. The summed E-state index contributed by atoms with van der Waals surface area (Å²) in [6, 6.07) is 7.14. The molecule has 2 unspecified atom stereocenters. The van der Waals surface area contributed by atoms with Gasteiger partial charge in [-0.25, -0.2) is 4.79 Å². The Bertz CT molecular complexity index is 708. The van der Waals surface area contributed by atoms with E-state index < -0.39 is 22.7 Å². The minimum atomic E-state index is -0.885. The number of benzene rings is 1. The van der Waals surface area contributed by atoms with Crippen molar-refractivity contribution in [2.24, 2.45) is 5.92 Å². The van der Waals surface area contributed by atoms with Gasteiger partial charge in [-0.05, 0) is 38.0 Å². The van der Waals surface area contributed by atoms with E-state index in [0.29, 0.717) is 0 Å². The molecule has 2 atom stereocenters. The van der Waals surface area contributed by atoms with Crippen LogP contribution in [-0.4, -0.2) is 53.9 Å². The fraction of sp³-hybridized carbons (Fsp3) is 0.500. The zero-order valence-corrected chi connectivity index (χ0v) is 17.7. The van der Waals surface area contributed by atoms with Crippen LogP contribution in [-0.2, 0) is 14.3 Å². The van der Waals surface area contributed by atoms with E-state index in [4.69, 9.17) is 4.74 Å². The Morgan fingerprint density at radius 1 is 1.27 bits per heavy atom. The third-order valence-corrected chi connectivity index (χ3v) is 6.07. The summed E-state index contributed by atoms with van der Waals surface area (Å²) in [5, 5.41) is -0.408. The first kappa shape index (κ1) is 20.8. The van der Waals surface area contributed by atoms with Crippen molar-refractivity contribution in [2.45, 2.75) is 31.1 Å². The first-order valence-corrected chi connectivity index (χ1v) is 9.53. The van der Waals surface area contributed by atoms with Crippen molar-refractivity contribution in [2.75, 3.05) is 20.7 Å². The fourth-order valence-electron chi connectivity index (χ4n) is 2.89. The monoisotopic (exact) mass is 442 g/mol. The van der Waals surface area contributed by atoms with E-state index in [1.54, 1.807) is 20.9 Å². The van der Waals surface area contributed by atoms with E-state index in [-0.39, 0.29) is 24.9 Å². The number of hydrogen-bond donors (Lipinski definition) is 1. The zero-order valence-electron chi connectivity index (χ0n) is 15.2. The van der Waals surface area contributed by atoms with Gasteiger partial charge >= 0.3 is 12.0 Å². The number of imide groups is 1. The summed E-state index contributed by atoms with van der Waals surface area (Å²) < 4.78 is 5.84. The summed E-state index contributed by atoms with van der Waals surface area (Å²) in [6.07, 6.45) is 0.276. The number of carbonyl (C=O) groups is 3. The number of ether oxygens (including phenoxy) is 1. The van der Waals surface area contributed by atoms with Crippen molar-refractivity contribution < 1.29 is 19.1 Å². The van der Waals surface area contributed by atoms with E-state index in [1.807, 2.05) is 24.3 Å². The lowest BCUT2D eigenvalue weighted by Gasteiger charge is -2.23. The molecule has 6 nitrogen and oxygen atoms in total. The first-order chi connectivity index (χ1) is 12.1. The number of nitrogens with zero attached hydrogens (tertiary/aromatic N) is 2. The standard InChI is InChI=1S/C18H23BrN2O4S/c1-18(2)16(23)21(17(24)20(18)3)10-9-13(15(22)25-4)14(26)11-5-7-12(19)8-6-11/h5-8,13-14,26H,9-10H2,1-4H3. The minimum Gasteiger partial charge on any atom is -0.469 e. The molecule has 2 rings (SSSR count). The second-order valence-electron chi connectivity index (χ2n) is 6.77. The van der Waals surface area contributed by atoms with E-state index in [9.17, 15) is 14.4 Å². The second kappa shape index (κ2) is 8.00. The van der Waals surface area contributed by atoms with Gasteiger partial charge in [0, 0.05) is 23.3 Å². The molecule has 1 aromatic carbocycles. The summed E-state index contributed by atoms with van der Waals surface area (Å²) in [6.45, 7) is 3.54. The molecule has 0 saturated carbocycles. The lowest BCUT2D eigenvalue weighted by atomic mass is 9.95. The molecule has 0 N–H and O–H groups in total. The molecule has 0 aliphatic carbocycles. The second-order valence-corrected chi connectivity index (χ2v) is 8.24. The van der Waals surface area contributed by atoms with Gasteiger partial charge in [0.2, 0.25) is 0 Å². The summed E-state index contributed by atoms with van der Waals surface area (Å²) in [4.78, 5) is 39.7. The molecular formula is C18H23BrN2O4S. The van der Waals surface area contributed by atoms with Gasteiger partial charge in [0.1, 0.15) is 5.54 Å². The van der Waals surface area contributed by atoms with Gasteiger partial charge in [-0.1, -0.05) is 28.1 Å². The lowest BCUT2D eigenvalue weighted by molar-refractivity contribution is -0.146. The normalized spacial score (nSPS) is 18.8. The molecule has 1 aromatic rings. The average Bonchev–Trinajstić information content (AvgIpc) is 2.76. The molecule has 0 radical (unpaired) electrons. The number of amides is 3. The highest BCUT2D eigenvalue weighted by Crippen LogP contribution is 2.34. The van der Waals surface area contributed by atoms with Crippen molar-refractivity contribution in [1.82, 2.24) is 9.80 Å². The largest absolute Gasteiger partial charge is 0.469 e. The molecule has 8 heteroatoms. The van der Waals surface area contributed by atoms with Crippen molar-refractivity contribution in [1.29, 1.82) is 0 Å². The van der Waals surface area contributed by atoms with Crippen molar-refractivity contribution >= 4 is 46.5 Å². The molecule has 0 spiro atoms. The molecule has 1 aliphatic rings. The maximum Gasteiger partial charge on any atom is 0.327 e. The topological polar surface area (TPSA) is 66.9 Å². The quantitative estimate of drug-likeness (QED) is 0.417.